The lowest BCUT2D eigenvalue weighted by Gasteiger charge is -2.04. The van der Waals surface area contributed by atoms with Crippen LogP contribution in [0.3, 0.4) is 0 Å². The van der Waals surface area contributed by atoms with Crippen molar-refractivity contribution in [3.05, 3.63) is 57.8 Å². The van der Waals surface area contributed by atoms with Gasteiger partial charge in [-0.05, 0) is 46.1 Å². The zero-order valence-corrected chi connectivity index (χ0v) is 11.4. The molecule has 1 amide bonds. The van der Waals surface area contributed by atoms with Gasteiger partial charge in [-0.15, -0.1) is 0 Å². The van der Waals surface area contributed by atoms with Crippen LogP contribution in [0.5, 0.6) is 0 Å². The summed E-state index contributed by atoms with van der Waals surface area (Å²) < 4.78 is 26.7. The molecule has 2 N–H and O–H groups in total. The normalized spacial score (nSPS) is 10.5. The molecule has 19 heavy (non-hydrogen) atoms. The van der Waals surface area contributed by atoms with Crippen molar-refractivity contribution in [3.8, 4) is 0 Å². The maximum atomic E-state index is 12.9. The average Bonchev–Trinajstić information content (AvgIpc) is 2.74. The highest BCUT2D eigenvalue weighted by molar-refractivity contribution is 9.10. The predicted molar refractivity (Wildman–Crippen MR) is 70.9 cm³/mol. The molecule has 0 aliphatic heterocycles. The largest absolute Gasteiger partial charge is 0.356 e. The van der Waals surface area contributed by atoms with Crippen LogP contribution in [-0.2, 0) is 6.42 Å². The van der Waals surface area contributed by atoms with Crippen molar-refractivity contribution in [3.63, 3.8) is 0 Å². The zero-order valence-electron chi connectivity index (χ0n) is 9.84. The lowest BCUT2D eigenvalue weighted by Crippen LogP contribution is -2.25. The Morgan fingerprint density at radius 1 is 1.21 bits per heavy atom. The Bertz CT molecular complexity index is 578. The summed E-state index contributed by atoms with van der Waals surface area (Å²) in [5.41, 5.74) is 0.933. The van der Waals surface area contributed by atoms with Gasteiger partial charge in [-0.25, -0.2) is 8.78 Å². The van der Waals surface area contributed by atoms with Crippen LogP contribution in [0.4, 0.5) is 8.78 Å². The molecule has 0 unspecified atom stereocenters. The second kappa shape index (κ2) is 5.97. The quantitative estimate of drug-likeness (QED) is 0.890. The molecule has 1 heterocycles. The first-order valence-electron chi connectivity index (χ1n) is 5.61. The molecule has 0 saturated heterocycles. The highest BCUT2D eigenvalue weighted by atomic mass is 79.9. The zero-order chi connectivity index (χ0) is 13.8. The lowest BCUT2D eigenvalue weighted by atomic mass is 10.1. The van der Waals surface area contributed by atoms with E-state index in [0.717, 1.165) is 10.5 Å². The Balaban J connectivity index is 1.88. The van der Waals surface area contributed by atoms with Crippen molar-refractivity contribution in [2.45, 2.75) is 6.42 Å². The molecule has 0 bridgehead atoms. The van der Waals surface area contributed by atoms with Crippen LogP contribution in [0.15, 0.2) is 34.9 Å². The van der Waals surface area contributed by atoms with Crippen LogP contribution in [0, 0.1) is 11.6 Å². The molecule has 0 aliphatic rings. The number of rotatable bonds is 4. The van der Waals surface area contributed by atoms with Gasteiger partial charge < -0.3 is 10.3 Å². The average molecular weight is 329 g/mol. The molecule has 0 atom stereocenters. The molecule has 0 radical (unpaired) electrons. The van der Waals surface area contributed by atoms with Crippen molar-refractivity contribution in [1.29, 1.82) is 0 Å². The number of H-pyrrole nitrogens is 1. The van der Waals surface area contributed by atoms with Crippen LogP contribution in [0.25, 0.3) is 0 Å². The van der Waals surface area contributed by atoms with E-state index in [1.165, 1.54) is 12.1 Å². The number of aromatic amines is 1. The van der Waals surface area contributed by atoms with Gasteiger partial charge in [0.2, 0.25) is 0 Å². The van der Waals surface area contributed by atoms with E-state index in [1.807, 2.05) is 0 Å². The molecule has 1 aromatic heterocycles. The molecular weight excluding hydrogens is 318 g/mol. The van der Waals surface area contributed by atoms with E-state index < -0.39 is 11.6 Å². The topological polar surface area (TPSA) is 44.9 Å². The van der Waals surface area contributed by atoms with Crippen molar-refractivity contribution in [1.82, 2.24) is 10.3 Å². The highest BCUT2D eigenvalue weighted by Crippen LogP contribution is 2.11. The fourth-order valence-corrected chi connectivity index (χ4v) is 2.01. The van der Waals surface area contributed by atoms with Gasteiger partial charge in [-0.3, -0.25) is 4.79 Å². The molecule has 0 aliphatic carbocycles. The van der Waals surface area contributed by atoms with Gasteiger partial charge in [0.15, 0.2) is 0 Å². The summed E-state index contributed by atoms with van der Waals surface area (Å²) in [6.45, 7) is 0.304. The molecule has 0 fully saturated rings. The standard InChI is InChI=1S/C13H11BrF2N2O/c14-9-5-12(18-7-9)13(19)17-2-1-8-3-10(15)6-11(16)4-8/h3-7,18H,1-2H2,(H,17,19). The predicted octanol–water partition coefficient (Wildman–Crippen LogP) is 3.03. The van der Waals surface area contributed by atoms with Crippen LogP contribution in [0.2, 0.25) is 0 Å². The van der Waals surface area contributed by atoms with Gasteiger partial charge in [0.05, 0.1) is 0 Å². The molecule has 0 spiro atoms. The summed E-state index contributed by atoms with van der Waals surface area (Å²) in [6.07, 6.45) is 2.01. The molecular formula is C13H11BrF2N2O. The Kier molecular flexibility index (Phi) is 4.31. The first-order chi connectivity index (χ1) is 9.04. The Morgan fingerprint density at radius 2 is 1.89 bits per heavy atom. The highest BCUT2D eigenvalue weighted by Gasteiger charge is 2.07. The Hall–Kier alpha value is -1.69. The molecule has 100 valence electrons. The summed E-state index contributed by atoms with van der Waals surface area (Å²) in [7, 11) is 0. The van der Waals surface area contributed by atoms with E-state index in [9.17, 15) is 13.6 Å². The monoisotopic (exact) mass is 328 g/mol. The van der Waals surface area contributed by atoms with Crippen molar-refractivity contribution < 1.29 is 13.6 Å². The number of carbonyl (C=O) groups excluding carboxylic acids is 1. The number of amides is 1. The van der Waals surface area contributed by atoms with Crippen LogP contribution < -0.4 is 5.32 Å². The number of halogens is 3. The number of aromatic nitrogens is 1. The third-order valence-electron chi connectivity index (χ3n) is 2.51. The lowest BCUT2D eigenvalue weighted by molar-refractivity contribution is 0.0950. The SMILES string of the molecule is O=C(NCCc1cc(F)cc(F)c1)c1cc(Br)c[nH]1. The van der Waals surface area contributed by atoms with Crippen LogP contribution in [0.1, 0.15) is 16.1 Å². The number of hydrogen-bond donors (Lipinski definition) is 2. The van der Waals surface area contributed by atoms with Gasteiger partial charge in [0, 0.05) is 23.3 Å². The van der Waals surface area contributed by atoms with E-state index in [2.05, 4.69) is 26.2 Å². The Morgan fingerprint density at radius 3 is 2.47 bits per heavy atom. The fourth-order valence-electron chi connectivity index (χ4n) is 1.67. The first kappa shape index (κ1) is 13.7. The smallest absolute Gasteiger partial charge is 0.267 e. The molecule has 1 aromatic carbocycles. The number of hydrogen-bond acceptors (Lipinski definition) is 1. The molecule has 6 heteroatoms. The van der Waals surface area contributed by atoms with Gasteiger partial charge in [-0.2, -0.15) is 0 Å². The third kappa shape index (κ3) is 3.89. The molecule has 3 nitrogen and oxygen atoms in total. The third-order valence-corrected chi connectivity index (χ3v) is 2.97. The van der Waals surface area contributed by atoms with E-state index in [0.29, 0.717) is 24.2 Å². The first-order valence-corrected chi connectivity index (χ1v) is 6.41. The second-order valence-corrected chi connectivity index (χ2v) is 4.93. The van der Waals surface area contributed by atoms with Crippen molar-refractivity contribution in [2.24, 2.45) is 0 Å². The number of nitrogens with one attached hydrogen (secondary N) is 2. The summed E-state index contributed by atoms with van der Waals surface area (Å²) >= 11 is 3.23. The minimum absolute atomic E-state index is 0.262. The summed E-state index contributed by atoms with van der Waals surface area (Å²) in [4.78, 5) is 14.5. The van der Waals surface area contributed by atoms with E-state index in [-0.39, 0.29) is 5.91 Å². The van der Waals surface area contributed by atoms with Gasteiger partial charge in [-0.1, -0.05) is 0 Å². The molecule has 2 rings (SSSR count). The fraction of sp³-hybridized carbons (Fsp3) is 0.154. The molecule has 2 aromatic rings. The number of carbonyl (C=O) groups is 1. The second-order valence-electron chi connectivity index (χ2n) is 4.02. The van der Waals surface area contributed by atoms with Gasteiger partial charge >= 0.3 is 0 Å². The summed E-state index contributed by atoms with van der Waals surface area (Å²) in [5.74, 6) is -1.49. The minimum Gasteiger partial charge on any atom is -0.356 e. The minimum atomic E-state index is -0.616. The maximum Gasteiger partial charge on any atom is 0.267 e. The van der Waals surface area contributed by atoms with E-state index in [1.54, 1.807) is 12.3 Å². The van der Waals surface area contributed by atoms with Crippen molar-refractivity contribution >= 4 is 21.8 Å². The van der Waals surface area contributed by atoms with Gasteiger partial charge in [0.25, 0.3) is 5.91 Å². The number of benzene rings is 1. The van der Waals surface area contributed by atoms with Crippen molar-refractivity contribution in [2.75, 3.05) is 6.54 Å². The maximum absolute atomic E-state index is 12.9. The van der Waals surface area contributed by atoms with Crippen LogP contribution in [-0.4, -0.2) is 17.4 Å². The summed E-state index contributed by atoms with van der Waals surface area (Å²) in [5, 5.41) is 2.66. The Labute approximate surface area is 117 Å². The van der Waals surface area contributed by atoms with Crippen LogP contribution >= 0.6 is 15.9 Å². The summed E-state index contributed by atoms with van der Waals surface area (Å²) in [6, 6.07) is 4.97. The van der Waals surface area contributed by atoms with E-state index in [4.69, 9.17) is 0 Å². The molecule has 0 saturated carbocycles. The van der Waals surface area contributed by atoms with E-state index >= 15 is 0 Å². The van der Waals surface area contributed by atoms with Gasteiger partial charge in [0.1, 0.15) is 17.3 Å².